The molecule has 5 heteroatoms. The number of aliphatic imine (C=N–C) groups is 2. The van der Waals surface area contributed by atoms with E-state index >= 15 is 0 Å². The molecule has 2 aromatic rings. The highest BCUT2D eigenvalue weighted by molar-refractivity contribution is 6.31. The van der Waals surface area contributed by atoms with E-state index in [9.17, 15) is 0 Å². The molecule has 0 saturated carbocycles. The summed E-state index contributed by atoms with van der Waals surface area (Å²) in [5.41, 5.74) is 7.59. The topological polar surface area (TPSA) is 42.5 Å². The third-order valence-corrected chi connectivity index (χ3v) is 4.34. The lowest BCUT2D eigenvalue weighted by molar-refractivity contribution is 0.764. The third-order valence-electron chi connectivity index (χ3n) is 4.09. The molecule has 4 nitrogen and oxygen atoms in total. The highest BCUT2D eigenvalue weighted by atomic mass is 35.5. The number of rotatable bonds is 1. The second kappa shape index (κ2) is 4.92. The number of aryl methyl sites for hydroxylation is 1. The van der Waals surface area contributed by atoms with Gasteiger partial charge in [-0.2, -0.15) is 5.10 Å². The lowest BCUT2D eigenvalue weighted by Gasteiger charge is -2.06. The van der Waals surface area contributed by atoms with Crippen molar-refractivity contribution in [3.8, 4) is 0 Å². The molecule has 0 N–H and O–H groups in total. The van der Waals surface area contributed by atoms with Crippen LogP contribution < -0.4 is 0 Å². The Kier molecular flexibility index (Phi) is 3.01. The Morgan fingerprint density at radius 3 is 2.59 bits per heavy atom. The van der Waals surface area contributed by atoms with E-state index in [1.54, 1.807) is 0 Å². The Balaban J connectivity index is 1.91. The second-order valence-corrected chi connectivity index (χ2v) is 6.05. The van der Waals surface area contributed by atoms with E-state index in [0.29, 0.717) is 6.54 Å². The van der Waals surface area contributed by atoms with Gasteiger partial charge in [0.1, 0.15) is 5.69 Å². The fourth-order valence-corrected chi connectivity index (χ4v) is 3.20. The first-order valence-corrected chi connectivity index (χ1v) is 7.59. The molecule has 1 aromatic carbocycles. The Bertz CT molecular complexity index is 853. The Labute approximate surface area is 133 Å². The van der Waals surface area contributed by atoms with Crippen LogP contribution >= 0.6 is 11.6 Å². The first-order valence-electron chi connectivity index (χ1n) is 7.21. The van der Waals surface area contributed by atoms with Gasteiger partial charge in [0, 0.05) is 40.7 Å². The van der Waals surface area contributed by atoms with Crippen molar-refractivity contribution in [3.63, 3.8) is 0 Å². The number of aromatic nitrogens is 2. The van der Waals surface area contributed by atoms with E-state index in [2.05, 4.69) is 23.2 Å². The molecule has 1 aromatic heterocycles. The van der Waals surface area contributed by atoms with Crippen molar-refractivity contribution in [2.75, 3.05) is 13.1 Å². The van der Waals surface area contributed by atoms with Crippen LogP contribution in [0.2, 0.25) is 5.02 Å². The molecule has 0 bridgehead atoms. The van der Waals surface area contributed by atoms with Gasteiger partial charge >= 0.3 is 0 Å². The number of hydrogen-bond acceptors (Lipinski definition) is 3. The molecule has 0 spiro atoms. The number of hydrogen-bond donors (Lipinski definition) is 0. The predicted molar refractivity (Wildman–Crippen MR) is 90.1 cm³/mol. The Morgan fingerprint density at radius 1 is 1.09 bits per heavy atom. The van der Waals surface area contributed by atoms with E-state index in [0.717, 1.165) is 39.8 Å². The van der Waals surface area contributed by atoms with Crippen LogP contribution in [0.15, 0.2) is 46.0 Å². The van der Waals surface area contributed by atoms with Crippen LogP contribution in [0.3, 0.4) is 0 Å². The molecule has 0 aliphatic carbocycles. The largest absolute Gasteiger partial charge is 0.285 e. The summed E-state index contributed by atoms with van der Waals surface area (Å²) in [5.74, 6) is 0. The molecule has 0 atom stereocenters. The molecular formula is C17H15ClN4. The highest BCUT2D eigenvalue weighted by Crippen LogP contribution is 2.32. The van der Waals surface area contributed by atoms with Crippen LogP contribution in [0.25, 0.3) is 5.57 Å². The fraction of sp³-hybridized carbons (Fsp3) is 0.235. The second-order valence-electron chi connectivity index (χ2n) is 5.62. The SMILES string of the molecule is CC1=NCC2=C1c1cn(C)nc1C(c1ccc(Cl)cc1)=NC2. The van der Waals surface area contributed by atoms with Crippen molar-refractivity contribution in [1.82, 2.24) is 9.78 Å². The zero-order chi connectivity index (χ0) is 15.3. The van der Waals surface area contributed by atoms with E-state index in [4.69, 9.17) is 16.6 Å². The third kappa shape index (κ3) is 2.03. The molecule has 4 rings (SSSR count). The average molecular weight is 311 g/mol. The summed E-state index contributed by atoms with van der Waals surface area (Å²) >= 11 is 6.00. The summed E-state index contributed by atoms with van der Waals surface area (Å²) in [5, 5.41) is 5.37. The van der Waals surface area contributed by atoms with Crippen molar-refractivity contribution < 1.29 is 0 Å². The van der Waals surface area contributed by atoms with Gasteiger partial charge in [-0.1, -0.05) is 23.7 Å². The maximum atomic E-state index is 6.00. The molecule has 0 saturated heterocycles. The van der Waals surface area contributed by atoms with Gasteiger partial charge in [0.25, 0.3) is 0 Å². The minimum Gasteiger partial charge on any atom is -0.285 e. The normalized spacial score (nSPS) is 16.9. The summed E-state index contributed by atoms with van der Waals surface area (Å²) in [7, 11) is 1.94. The molecule has 0 amide bonds. The Hall–Kier alpha value is -2.20. The molecule has 3 heterocycles. The predicted octanol–water partition coefficient (Wildman–Crippen LogP) is 3.15. The summed E-state index contributed by atoms with van der Waals surface area (Å²) in [6, 6.07) is 7.77. The van der Waals surface area contributed by atoms with Crippen LogP contribution in [-0.4, -0.2) is 34.3 Å². The summed E-state index contributed by atoms with van der Waals surface area (Å²) < 4.78 is 1.84. The summed E-state index contributed by atoms with van der Waals surface area (Å²) in [6.45, 7) is 3.48. The zero-order valence-corrected chi connectivity index (χ0v) is 13.2. The number of halogens is 1. The van der Waals surface area contributed by atoms with Gasteiger partial charge in [-0.05, 0) is 24.6 Å². The van der Waals surface area contributed by atoms with Crippen LogP contribution in [0.1, 0.15) is 23.7 Å². The molecule has 0 fully saturated rings. The van der Waals surface area contributed by atoms with Gasteiger partial charge in [-0.15, -0.1) is 0 Å². The van der Waals surface area contributed by atoms with E-state index < -0.39 is 0 Å². The van der Waals surface area contributed by atoms with Gasteiger partial charge in [0.2, 0.25) is 0 Å². The van der Waals surface area contributed by atoms with Crippen molar-refractivity contribution in [2.24, 2.45) is 17.0 Å². The van der Waals surface area contributed by atoms with Crippen molar-refractivity contribution in [3.05, 3.63) is 57.9 Å². The molecule has 2 aliphatic heterocycles. The van der Waals surface area contributed by atoms with Gasteiger partial charge in [-0.25, -0.2) is 0 Å². The lowest BCUT2D eigenvalue weighted by Crippen LogP contribution is -2.08. The average Bonchev–Trinajstić information content (AvgIpc) is 3.00. The van der Waals surface area contributed by atoms with Gasteiger partial charge in [0.15, 0.2) is 0 Å². The van der Waals surface area contributed by atoms with E-state index in [-0.39, 0.29) is 0 Å². The fourth-order valence-electron chi connectivity index (χ4n) is 3.07. The maximum absolute atomic E-state index is 6.00. The molecule has 0 radical (unpaired) electrons. The summed E-state index contributed by atoms with van der Waals surface area (Å²) in [4.78, 5) is 9.38. The van der Waals surface area contributed by atoms with Crippen LogP contribution in [0.5, 0.6) is 0 Å². The van der Waals surface area contributed by atoms with Crippen molar-refractivity contribution >= 4 is 28.6 Å². The smallest absolute Gasteiger partial charge is 0.119 e. The first-order chi connectivity index (χ1) is 10.6. The molecule has 0 unspecified atom stereocenters. The standard InChI is InChI=1S/C17H15ClN4/c1-10-15-12(7-19-10)8-20-16(11-3-5-13(18)6-4-11)17-14(15)9-22(2)21-17/h3-6,9H,7-8H2,1-2H3. The summed E-state index contributed by atoms with van der Waals surface area (Å²) in [6.07, 6.45) is 2.06. The van der Waals surface area contributed by atoms with Gasteiger partial charge in [0.05, 0.1) is 18.8 Å². The minimum atomic E-state index is 0.675. The van der Waals surface area contributed by atoms with Crippen molar-refractivity contribution in [1.29, 1.82) is 0 Å². The highest BCUT2D eigenvalue weighted by Gasteiger charge is 2.27. The zero-order valence-electron chi connectivity index (χ0n) is 12.5. The first kappa shape index (κ1) is 13.5. The van der Waals surface area contributed by atoms with Crippen LogP contribution in [0, 0.1) is 0 Å². The van der Waals surface area contributed by atoms with Crippen LogP contribution in [0.4, 0.5) is 0 Å². The maximum Gasteiger partial charge on any atom is 0.119 e. The molecule has 2 aliphatic rings. The van der Waals surface area contributed by atoms with Crippen LogP contribution in [-0.2, 0) is 7.05 Å². The van der Waals surface area contributed by atoms with Gasteiger partial charge in [-0.3, -0.25) is 14.7 Å². The van der Waals surface area contributed by atoms with E-state index in [1.807, 2.05) is 36.0 Å². The monoisotopic (exact) mass is 310 g/mol. The molecule has 110 valence electrons. The van der Waals surface area contributed by atoms with E-state index in [1.165, 1.54) is 11.1 Å². The Morgan fingerprint density at radius 2 is 1.82 bits per heavy atom. The van der Waals surface area contributed by atoms with Gasteiger partial charge < -0.3 is 0 Å². The number of allylic oxidation sites excluding steroid dienone is 1. The minimum absolute atomic E-state index is 0.675. The molecular weight excluding hydrogens is 296 g/mol. The number of fused-ring (bicyclic) bond motifs is 2. The van der Waals surface area contributed by atoms with Crippen molar-refractivity contribution in [2.45, 2.75) is 6.92 Å². The lowest BCUT2D eigenvalue weighted by atomic mass is 9.97. The quantitative estimate of drug-likeness (QED) is 0.798. The number of benzene rings is 1. The number of nitrogens with zero attached hydrogens (tertiary/aromatic N) is 4. The molecule has 22 heavy (non-hydrogen) atoms.